The highest BCUT2D eigenvalue weighted by Crippen LogP contribution is 2.20. The molecule has 2 heterocycles. The number of aromatic nitrogens is 1. The van der Waals surface area contributed by atoms with Crippen molar-refractivity contribution < 1.29 is 9.21 Å². The number of nitrogens with zero attached hydrogens (tertiary/aromatic N) is 3. The first-order chi connectivity index (χ1) is 12.2. The molecule has 0 saturated carbocycles. The van der Waals surface area contributed by atoms with E-state index in [1.54, 1.807) is 6.20 Å². The minimum Gasteiger partial charge on any atom is -0.439 e. The summed E-state index contributed by atoms with van der Waals surface area (Å²) >= 11 is 0. The van der Waals surface area contributed by atoms with Crippen LogP contribution in [0.5, 0.6) is 0 Å². The molecule has 1 atom stereocenters. The van der Waals surface area contributed by atoms with Crippen molar-refractivity contribution in [2.75, 3.05) is 39.8 Å². The average Bonchev–Trinajstić information content (AvgIpc) is 3.11. The summed E-state index contributed by atoms with van der Waals surface area (Å²) < 4.78 is 5.88. The monoisotopic (exact) mass is 342 g/mol. The van der Waals surface area contributed by atoms with Gasteiger partial charge in [0, 0.05) is 44.2 Å². The molecule has 3 rings (SSSR count). The van der Waals surface area contributed by atoms with Gasteiger partial charge in [0.1, 0.15) is 0 Å². The Kier molecular flexibility index (Phi) is 5.83. The second-order valence-electron chi connectivity index (χ2n) is 6.54. The Morgan fingerprint density at radius 1 is 1.24 bits per heavy atom. The predicted molar refractivity (Wildman–Crippen MR) is 96.9 cm³/mol. The lowest BCUT2D eigenvalue weighted by atomic mass is 10.1. The lowest BCUT2D eigenvalue weighted by Crippen LogP contribution is -2.50. The summed E-state index contributed by atoms with van der Waals surface area (Å²) in [5, 5.41) is 3.07. The van der Waals surface area contributed by atoms with Crippen LogP contribution in [-0.4, -0.2) is 60.5 Å². The van der Waals surface area contributed by atoms with Crippen molar-refractivity contribution in [3.8, 4) is 11.3 Å². The van der Waals surface area contributed by atoms with Crippen molar-refractivity contribution in [2.24, 2.45) is 5.92 Å². The molecule has 25 heavy (non-hydrogen) atoms. The molecule has 1 fully saturated rings. The van der Waals surface area contributed by atoms with E-state index in [2.05, 4.69) is 15.2 Å². The first-order valence-corrected chi connectivity index (χ1v) is 8.83. The van der Waals surface area contributed by atoms with Gasteiger partial charge in [-0.15, -0.1) is 0 Å². The van der Waals surface area contributed by atoms with Crippen molar-refractivity contribution in [2.45, 2.75) is 13.5 Å². The summed E-state index contributed by atoms with van der Waals surface area (Å²) in [7, 11) is 1.88. The standard InChI is InChI=1S/C19H26N4O2/c1-15(12-20-2)19(24)23-10-8-22(9-11-23)14-18-21-13-17(25-18)16-6-4-3-5-7-16/h3-7,13,15,20H,8-12,14H2,1-2H3. The van der Waals surface area contributed by atoms with E-state index in [0.717, 1.165) is 49.9 Å². The number of rotatable bonds is 6. The van der Waals surface area contributed by atoms with E-state index in [1.165, 1.54) is 0 Å². The lowest BCUT2D eigenvalue weighted by molar-refractivity contribution is -0.136. The van der Waals surface area contributed by atoms with E-state index in [9.17, 15) is 4.79 Å². The summed E-state index contributed by atoms with van der Waals surface area (Å²) in [5.41, 5.74) is 1.04. The van der Waals surface area contributed by atoms with Crippen LogP contribution in [0.2, 0.25) is 0 Å². The summed E-state index contributed by atoms with van der Waals surface area (Å²) in [4.78, 5) is 21.0. The largest absolute Gasteiger partial charge is 0.439 e. The Balaban J connectivity index is 1.51. The molecule has 0 aliphatic carbocycles. The molecule has 1 amide bonds. The highest BCUT2D eigenvalue weighted by molar-refractivity contribution is 5.78. The molecule has 134 valence electrons. The molecule has 0 spiro atoms. The number of amides is 1. The molecule has 1 saturated heterocycles. The van der Waals surface area contributed by atoms with Crippen LogP contribution in [0.4, 0.5) is 0 Å². The first kappa shape index (κ1) is 17.6. The minimum absolute atomic E-state index is 0.0247. The highest BCUT2D eigenvalue weighted by Gasteiger charge is 2.25. The Hall–Kier alpha value is -2.18. The highest BCUT2D eigenvalue weighted by atomic mass is 16.4. The van der Waals surface area contributed by atoms with Crippen LogP contribution in [0, 0.1) is 5.92 Å². The lowest BCUT2D eigenvalue weighted by Gasteiger charge is -2.35. The Labute approximate surface area is 148 Å². The zero-order valence-corrected chi connectivity index (χ0v) is 14.9. The average molecular weight is 342 g/mol. The topological polar surface area (TPSA) is 61.6 Å². The maximum Gasteiger partial charge on any atom is 0.226 e. The number of piperazine rings is 1. The number of benzene rings is 1. The van der Waals surface area contributed by atoms with Gasteiger partial charge in [0.15, 0.2) is 5.76 Å². The van der Waals surface area contributed by atoms with Gasteiger partial charge in [-0.2, -0.15) is 0 Å². The number of carbonyl (C=O) groups excluding carboxylic acids is 1. The molecule has 1 aliphatic heterocycles. The summed E-state index contributed by atoms with van der Waals surface area (Å²) in [6.45, 7) is 6.60. The van der Waals surface area contributed by atoms with Crippen molar-refractivity contribution in [3.63, 3.8) is 0 Å². The Morgan fingerprint density at radius 2 is 1.96 bits per heavy atom. The van der Waals surface area contributed by atoms with Crippen LogP contribution < -0.4 is 5.32 Å². The zero-order valence-electron chi connectivity index (χ0n) is 14.9. The second kappa shape index (κ2) is 8.27. The van der Waals surface area contributed by atoms with Gasteiger partial charge in [0.05, 0.1) is 12.7 Å². The molecular weight excluding hydrogens is 316 g/mol. The maximum absolute atomic E-state index is 12.3. The molecular formula is C19H26N4O2. The maximum atomic E-state index is 12.3. The van der Waals surface area contributed by atoms with E-state index in [0.29, 0.717) is 6.54 Å². The molecule has 6 heteroatoms. The molecule has 1 aromatic heterocycles. The molecule has 1 N–H and O–H groups in total. The van der Waals surface area contributed by atoms with Crippen molar-refractivity contribution in [1.29, 1.82) is 0 Å². The number of oxazole rings is 1. The van der Waals surface area contributed by atoms with Crippen LogP contribution in [0.25, 0.3) is 11.3 Å². The van der Waals surface area contributed by atoms with Crippen LogP contribution in [0.3, 0.4) is 0 Å². The van der Waals surface area contributed by atoms with Gasteiger partial charge in [0.2, 0.25) is 11.8 Å². The van der Waals surface area contributed by atoms with Crippen LogP contribution in [0.1, 0.15) is 12.8 Å². The van der Waals surface area contributed by atoms with Gasteiger partial charge < -0.3 is 14.6 Å². The SMILES string of the molecule is CNCC(C)C(=O)N1CCN(Cc2ncc(-c3ccccc3)o2)CC1. The summed E-state index contributed by atoms with van der Waals surface area (Å²) in [5.74, 6) is 1.78. The van der Waals surface area contributed by atoms with Crippen molar-refractivity contribution >= 4 is 5.91 Å². The van der Waals surface area contributed by atoms with Gasteiger partial charge in [-0.25, -0.2) is 4.98 Å². The van der Waals surface area contributed by atoms with Crippen LogP contribution >= 0.6 is 0 Å². The van der Waals surface area contributed by atoms with Crippen LogP contribution in [-0.2, 0) is 11.3 Å². The number of carbonyl (C=O) groups is 1. The van der Waals surface area contributed by atoms with Gasteiger partial charge in [-0.1, -0.05) is 37.3 Å². The third kappa shape index (κ3) is 4.46. The third-order valence-electron chi connectivity index (χ3n) is 4.59. The normalized spacial score (nSPS) is 16.8. The Bertz CT molecular complexity index is 678. The third-order valence-corrected chi connectivity index (χ3v) is 4.59. The Morgan fingerprint density at radius 3 is 2.64 bits per heavy atom. The first-order valence-electron chi connectivity index (χ1n) is 8.83. The van der Waals surface area contributed by atoms with E-state index in [4.69, 9.17) is 4.42 Å². The quantitative estimate of drug-likeness (QED) is 0.868. The smallest absolute Gasteiger partial charge is 0.226 e. The van der Waals surface area contributed by atoms with Gasteiger partial charge in [0.25, 0.3) is 0 Å². The minimum atomic E-state index is 0.0247. The summed E-state index contributed by atoms with van der Waals surface area (Å²) in [6.07, 6.45) is 1.78. The molecule has 2 aromatic rings. The van der Waals surface area contributed by atoms with Crippen molar-refractivity contribution in [1.82, 2.24) is 20.1 Å². The summed E-state index contributed by atoms with van der Waals surface area (Å²) in [6, 6.07) is 9.99. The number of hydrogen-bond acceptors (Lipinski definition) is 5. The molecule has 0 radical (unpaired) electrons. The second-order valence-corrected chi connectivity index (χ2v) is 6.54. The predicted octanol–water partition coefficient (Wildman–Crippen LogP) is 1.84. The number of hydrogen-bond donors (Lipinski definition) is 1. The molecule has 1 aliphatic rings. The molecule has 0 bridgehead atoms. The zero-order chi connectivity index (χ0) is 17.6. The fraction of sp³-hybridized carbons (Fsp3) is 0.474. The molecule has 6 nitrogen and oxygen atoms in total. The van der Waals surface area contributed by atoms with Crippen molar-refractivity contribution in [3.05, 3.63) is 42.4 Å². The van der Waals surface area contributed by atoms with E-state index < -0.39 is 0 Å². The number of nitrogens with one attached hydrogen (secondary N) is 1. The molecule has 1 aromatic carbocycles. The van der Waals surface area contributed by atoms with Gasteiger partial charge >= 0.3 is 0 Å². The van der Waals surface area contributed by atoms with E-state index in [-0.39, 0.29) is 11.8 Å². The van der Waals surface area contributed by atoms with Crippen LogP contribution in [0.15, 0.2) is 40.9 Å². The fourth-order valence-corrected chi connectivity index (χ4v) is 3.14. The van der Waals surface area contributed by atoms with Gasteiger partial charge in [-0.05, 0) is 7.05 Å². The fourth-order valence-electron chi connectivity index (χ4n) is 3.14. The molecule has 1 unspecified atom stereocenters. The van der Waals surface area contributed by atoms with Gasteiger partial charge in [-0.3, -0.25) is 9.69 Å². The van der Waals surface area contributed by atoms with E-state index in [1.807, 2.05) is 49.2 Å². The van der Waals surface area contributed by atoms with E-state index >= 15 is 0 Å².